The largest absolute Gasteiger partial charge is 0.492 e. The highest BCUT2D eigenvalue weighted by molar-refractivity contribution is 7.92. The molecule has 3 aromatic carbocycles. The maximum absolute atomic E-state index is 13.3. The van der Waals surface area contributed by atoms with Gasteiger partial charge in [-0.05, 0) is 55.0 Å². The number of hydrogen-bond donors (Lipinski definition) is 1. The van der Waals surface area contributed by atoms with Gasteiger partial charge in [-0.2, -0.15) is 0 Å². The summed E-state index contributed by atoms with van der Waals surface area (Å²) in [6, 6.07) is 17.5. The number of anilines is 1. The number of nitrogens with zero attached hydrogens (tertiary/aromatic N) is 1. The van der Waals surface area contributed by atoms with Crippen LogP contribution in [0.25, 0.3) is 0 Å². The summed E-state index contributed by atoms with van der Waals surface area (Å²) in [6.45, 7) is 1.75. The molecule has 1 amide bonds. The Morgan fingerprint density at radius 2 is 1.70 bits per heavy atom. The summed E-state index contributed by atoms with van der Waals surface area (Å²) < 4.78 is 33.1. The molecule has 0 aliphatic carbocycles. The number of ether oxygens (including phenoxy) is 1. The normalized spacial score (nSPS) is 11.2. The van der Waals surface area contributed by atoms with Gasteiger partial charge < -0.3 is 10.1 Å². The quantitative estimate of drug-likeness (QED) is 0.381. The van der Waals surface area contributed by atoms with Crippen LogP contribution in [0.4, 0.5) is 5.69 Å². The van der Waals surface area contributed by atoms with Crippen molar-refractivity contribution in [3.63, 3.8) is 0 Å². The predicted molar refractivity (Wildman–Crippen MR) is 132 cm³/mol. The fourth-order valence-corrected chi connectivity index (χ4v) is 5.10. The first-order valence-electron chi connectivity index (χ1n) is 9.87. The number of nitrogens with one attached hydrogen (secondary N) is 1. The molecule has 0 unspecified atom stereocenters. The molecular weight excluding hydrogens is 507 g/mol. The summed E-state index contributed by atoms with van der Waals surface area (Å²) in [4.78, 5) is 12.7. The first-order chi connectivity index (χ1) is 15.7. The van der Waals surface area contributed by atoms with Gasteiger partial charge in [0, 0.05) is 10.0 Å². The summed E-state index contributed by atoms with van der Waals surface area (Å²) >= 11 is 18.3. The summed E-state index contributed by atoms with van der Waals surface area (Å²) in [5.41, 5.74) is 1.07. The van der Waals surface area contributed by atoms with Crippen LogP contribution in [0.15, 0.2) is 71.6 Å². The van der Waals surface area contributed by atoms with Crippen molar-refractivity contribution in [1.29, 1.82) is 0 Å². The van der Waals surface area contributed by atoms with E-state index in [0.29, 0.717) is 15.8 Å². The molecular formula is C23H21Cl3N2O4S. The first-order valence-corrected chi connectivity index (χ1v) is 12.4. The lowest BCUT2D eigenvalue weighted by molar-refractivity contribution is -0.119. The average Bonchev–Trinajstić information content (AvgIpc) is 2.78. The zero-order valence-electron chi connectivity index (χ0n) is 17.6. The van der Waals surface area contributed by atoms with Crippen molar-refractivity contribution in [2.75, 3.05) is 24.0 Å². The Bertz CT molecular complexity index is 1240. The lowest BCUT2D eigenvalue weighted by atomic mass is 10.2. The van der Waals surface area contributed by atoms with Crippen molar-refractivity contribution < 1.29 is 17.9 Å². The number of amides is 1. The van der Waals surface area contributed by atoms with Crippen molar-refractivity contribution in [3.05, 3.63) is 87.4 Å². The van der Waals surface area contributed by atoms with Crippen molar-refractivity contribution in [3.8, 4) is 5.75 Å². The third-order valence-electron chi connectivity index (χ3n) is 4.63. The molecule has 10 heteroatoms. The zero-order chi connectivity index (χ0) is 24.0. The summed E-state index contributed by atoms with van der Waals surface area (Å²) in [5, 5.41) is 3.69. The number of hydrogen-bond acceptors (Lipinski definition) is 4. The van der Waals surface area contributed by atoms with E-state index >= 15 is 0 Å². The topological polar surface area (TPSA) is 75.7 Å². The molecule has 6 nitrogen and oxygen atoms in total. The molecule has 3 rings (SSSR count). The van der Waals surface area contributed by atoms with Gasteiger partial charge in [0.2, 0.25) is 5.91 Å². The Morgan fingerprint density at radius 3 is 2.36 bits per heavy atom. The Morgan fingerprint density at radius 1 is 0.970 bits per heavy atom. The molecule has 0 radical (unpaired) electrons. The Kier molecular flexibility index (Phi) is 8.48. The van der Waals surface area contributed by atoms with Crippen molar-refractivity contribution in [2.45, 2.75) is 11.8 Å². The molecule has 0 fully saturated rings. The third-order valence-corrected chi connectivity index (χ3v) is 7.35. The van der Waals surface area contributed by atoms with Crippen LogP contribution in [0, 0.1) is 6.92 Å². The van der Waals surface area contributed by atoms with E-state index in [1.807, 2.05) is 13.0 Å². The van der Waals surface area contributed by atoms with Gasteiger partial charge >= 0.3 is 0 Å². The van der Waals surface area contributed by atoms with E-state index in [1.165, 1.54) is 30.3 Å². The smallest absolute Gasteiger partial charge is 0.264 e. The maximum Gasteiger partial charge on any atom is 0.264 e. The van der Waals surface area contributed by atoms with Crippen molar-refractivity contribution in [2.24, 2.45) is 0 Å². The van der Waals surface area contributed by atoms with Crippen LogP contribution >= 0.6 is 34.8 Å². The average molecular weight is 528 g/mol. The van der Waals surface area contributed by atoms with Crippen LogP contribution in [0.3, 0.4) is 0 Å². The van der Waals surface area contributed by atoms with Crippen LogP contribution in [0.1, 0.15) is 5.56 Å². The minimum atomic E-state index is -4.07. The Balaban J connectivity index is 1.71. The van der Waals surface area contributed by atoms with E-state index in [4.69, 9.17) is 39.5 Å². The lowest BCUT2D eigenvalue weighted by Gasteiger charge is -2.25. The van der Waals surface area contributed by atoms with Gasteiger partial charge in [0.25, 0.3) is 10.0 Å². The predicted octanol–water partition coefficient (Wildman–Crippen LogP) is 5.35. The van der Waals surface area contributed by atoms with Crippen molar-refractivity contribution >= 4 is 56.4 Å². The van der Waals surface area contributed by atoms with E-state index in [0.717, 1.165) is 9.87 Å². The standard InChI is InChI=1S/C23H21Cl3N2O4S/c1-16-7-9-18(14-20(16)25)32-12-11-27-23(29)15-28(22-10-8-17(24)13-21(22)26)33(30,31)19-5-3-2-4-6-19/h2-10,13-14H,11-12,15H2,1H3,(H,27,29). The molecule has 0 aromatic heterocycles. The highest BCUT2D eigenvalue weighted by Gasteiger charge is 2.28. The SMILES string of the molecule is Cc1ccc(OCCNC(=O)CN(c2ccc(Cl)cc2Cl)S(=O)(=O)c2ccccc2)cc1Cl. The summed E-state index contributed by atoms with van der Waals surface area (Å²) in [5.74, 6) is 0.0483. The fourth-order valence-electron chi connectivity index (χ4n) is 2.91. The Hall–Kier alpha value is -2.45. The number of benzene rings is 3. The number of carbonyl (C=O) groups excluding carboxylic acids is 1. The summed E-state index contributed by atoms with van der Waals surface area (Å²) in [7, 11) is -4.07. The van der Waals surface area contributed by atoms with Crippen LogP contribution in [-0.4, -0.2) is 34.0 Å². The molecule has 0 aliphatic heterocycles. The highest BCUT2D eigenvalue weighted by atomic mass is 35.5. The van der Waals surface area contributed by atoms with Crippen LogP contribution < -0.4 is 14.4 Å². The Labute approximate surface area is 208 Å². The second-order valence-electron chi connectivity index (χ2n) is 7.03. The molecule has 1 N–H and O–H groups in total. The van der Waals surface area contributed by atoms with Gasteiger partial charge in [-0.25, -0.2) is 8.42 Å². The number of rotatable bonds is 9. The summed E-state index contributed by atoms with van der Waals surface area (Å²) in [6.07, 6.45) is 0. The molecule has 0 saturated heterocycles. The zero-order valence-corrected chi connectivity index (χ0v) is 20.7. The van der Waals surface area contributed by atoms with Gasteiger partial charge in [0.1, 0.15) is 18.9 Å². The second-order valence-corrected chi connectivity index (χ2v) is 10.1. The van der Waals surface area contributed by atoms with Crippen LogP contribution in [0.2, 0.25) is 15.1 Å². The van der Waals surface area contributed by atoms with Gasteiger partial charge in [-0.15, -0.1) is 0 Å². The first kappa shape index (κ1) is 25.2. The minimum absolute atomic E-state index is 0.0309. The monoisotopic (exact) mass is 526 g/mol. The van der Waals surface area contributed by atoms with Crippen molar-refractivity contribution in [1.82, 2.24) is 5.32 Å². The van der Waals surface area contributed by atoms with E-state index in [9.17, 15) is 13.2 Å². The molecule has 0 heterocycles. The number of aryl methyl sites for hydroxylation is 1. The minimum Gasteiger partial charge on any atom is -0.492 e. The number of carbonyl (C=O) groups is 1. The number of sulfonamides is 1. The molecule has 3 aromatic rings. The molecule has 0 atom stereocenters. The molecule has 0 aliphatic rings. The second kappa shape index (κ2) is 11.1. The lowest BCUT2D eigenvalue weighted by Crippen LogP contribution is -2.42. The highest BCUT2D eigenvalue weighted by Crippen LogP contribution is 2.32. The van der Waals surface area contributed by atoms with Crippen LogP contribution in [0.5, 0.6) is 5.75 Å². The third kappa shape index (κ3) is 6.54. The van der Waals surface area contributed by atoms with Gasteiger partial charge in [-0.3, -0.25) is 9.10 Å². The van der Waals surface area contributed by atoms with E-state index in [1.54, 1.807) is 30.3 Å². The van der Waals surface area contributed by atoms with Gasteiger partial charge in [0.05, 0.1) is 22.2 Å². The molecule has 0 spiro atoms. The molecule has 0 bridgehead atoms. The van der Waals surface area contributed by atoms with E-state index < -0.39 is 22.5 Å². The van der Waals surface area contributed by atoms with Gasteiger partial charge in [-0.1, -0.05) is 59.1 Å². The van der Waals surface area contributed by atoms with E-state index in [-0.39, 0.29) is 28.8 Å². The molecule has 33 heavy (non-hydrogen) atoms. The van der Waals surface area contributed by atoms with E-state index in [2.05, 4.69) is 5.32 Å². The van der Waals surface area contributed by atoms with Gasteiger partial charge in [0.15, 0.2) is 0 Å². The molecule has 174 valence electrons. The molecule has 0 saturated carbocycles. The fraction of sp³-hybridized carbons (Fsp3) is 0.174. The van der Waals surface area contributed by atoms with Crippen LogP contribution in [-0.2, 0) is 14.8 Å². The maximum atomic E-state index is 13.3. The number of halogens is 3.